The van der Waals surface area contributed by atoms with E-state index in [9.17, 15) is 64.2 Å². The molecule has 2 rings (SSSR count). The van der Waals surface area contributed by atoms with Crippen LogP contribution in [0.25, 0.3) is 0 Å². The highest BCUT2D eigenvalue weighted by Gasteiger charge is 2.48. The Labute approximate surface area is 486 Å². The summed E-state index contributed by atoms with van der Waals surface area (Å²) in [6.45, 7) is 7.77. The van der Waals surface area contributed by atoms with Gasteiger partial charge in [-0.15, -0.1) is 0 Å². The normalized spacial score (nSPS) is 19.7. The van der Waals surface area contributed by atoms with E-state index in [4.69, 9.17) is 70.3 Å². The molecule has 0 spiro atoms. The molecule has 0 aromatic rings. The molecule has 5 amide bonds. The number of nitrogens with one attached hydrogen (secondary N) is 2. The Morgan fingerprint density at radius 3 is 1.19 bits per heavy atom. The van der Waals surface area contributed by atoms with Crippen LogP contribution in [-0.4, -0.2) is 292 Å². The van der Waals surface area contributed by atoms with E-state index in [1.165, 1.54) is 4.90 Å². The number of ether oxygens (including phenoxy) is 10. The minimum atomic E-state index is -1.86. The number of nitrogens with zero attached hydrogens (tertiary/aromatic N) is 5. The van der Waals surface area contributed by atoms with E-state index in [2.05, 4.69) is 20.6 Å². The molecule has 34 nitrogen and oxygen atoms in total. The summed E-state index contributed by atoms with van der Waals surface area (Å²) in [6, 6.07) is -5.15. The molecular weight excluding hydrogens is 1120 g/mol. The zero-order chi connectivity index (χ0) is 62.7. The molecule has 2 aliphatic heterocycles. The largest absolute Gasteiger partial charge is 0.477 e. The van der Waals surface area contributed by atoms with Crippen molar-refractivity contribution in [2.45, 2.75) is 108 Å². The van der Waals surface area contributed by atoms with E-state index in [0.717, 1.165) is 42.2 Å². The van der Waals surface area contributed by atoms with Gasteiger partial charge in [-0.25, -0.2) is 29.2 Å². The van der Waals surface area contributed by atoms with E-state index in [1.807, 2.05) is 6.92 Å². The number of amides is 5. The van der Waals surface area contributed by atoms with Gasteiger partial charge in [0.05, 0.1) is 116 Å². The molecule has 10 atom stereocenters. The number of carboxylic acid groups (broad SMARTS) is 2. The fourth-order valence-corrected chi connectivity index (χ4v) is 8.16. The van der Waals surface area contributed by atoms with Gasteiger partial charge in [-0.05, 0) is 32.4 Å². The summed E-state index contributed by atoms with van der Waals surface area (Å²) in [5.74, 6) is -7.14. The molecule has 0 bridgehead atoms. The van der Waals surface area contributed by atoms with Crippen LogP contribution >= 0.6 is 0 Å². The van der Waals surface area contributed by atoms with Crippen molar-refractivity contribution in [1.82, 2.24) is 25.3 Å². The van der Waals surface area contributed by atoms with Crippen molar-refractivity contribution in [3.8, 4) is 0 Å². The number of aliphatic carboxylic acids is 2. The lowest BCUT2D eigenvalue weighted by Crippen LogP contribution is -2.61. The lowest BCUT2D eigenvalue weighted by molar-refractivity contribution is -0.148. The SMILES string of the molecule is CCCOCCOCCOCCOCCC(=O)N(CCOCCN(CC)C(=O)O[C@@H]([C@@H]1OC(C(=O)O)=C[C@H](N=C(N)N)[C@H]1NC(C)=O)[C@H](O)CO)CCOCCN(CC)C(=O)O[C@@H]([C@@H]1OC(C(=O)O)=C[C@H](N=C(N)N)[C@H]1NC(C)=O)[C@H](O)CO. The van der Waals surface area contributed by atoms with Crippen LogP contribution in [0.4, 0.5) is 9.59 Å². The number of hydrogen-bond acceptors (Lipinski definition) is 23. The maximum atomic E-state index is 13.6. The monoisotopic (exact) mass is 1210 g/mol. The number of carbonyl (C=O) groups is 7. The number of rotatable bonds is 42. The van der Waals surface area contributed by atoms with Crippen LogP contribution in [0, 0.1) is 0 Å². The quantitative estimate of drug-likeness (QED) is 0.0155. The van der Waals surface area contributed by atoms with Gasteiger partial charge in [0.15, 0.2) is 36.3 Å². The van der Waals surface area contributed by atoms with E-state index in [0.29, 0.717) is 33.0 Å². The van der Waals surface area contributed by atoms with Crippen molar-refractivity contribution in [1.29, 1.82) is 0 Å². The van der Waals surface area contributed by atoms with Gasteiger partial charge in [0.2, 0.25) is 29.2 Å². The van der Waals surface area contributed by atoms with Crippen LogP contribution in [-0.2, 0) is 71.3 Å². The topological polar surface area (TPSA) is 496 Å². The van der Waals surface area contributed by atoms with Gasteiger partial charge in [0.1, 0.15) is 12.2 Å². The molecule has 0 saturated carbocycles. The second-order valence-electron chi connectivity index (χ2n) is 18.5. The molecule has 84 heavy (non-hydrogen) atoms. The zero-order valence-corrected chi connectivity index (χ0v) is 48.2. The highest BCUT2D eigenvalue weighted by molar-refractivity contribution is 5.86. The number of aliphatic hydroxyl groups is 4. The summed E-state index contributed by atoms with van der Waals surface area (Å²) in [7, 11) is 0. The molecule has 2 aliphatic rings. The van der Waals surface area contributed by atoms with Crippen molar-refractivity contribution >= 4 is 53.8 Å². The minimum absolute atomic E-state index is 0.0175. The Bertz CT molecular complexity index is 2040. The molecule has 0 saturated heterocycles. The van der Waals surface area contributed by atoms with Gasteiger partial charge in [-0.1, -0.05) is 6.92 Å². The highest BCUT2D eigenvalue weighted by Crippen LogP contribution is 2.29. The number of carboxylic acids is 2. The van der Waals surface area contributed by atoms with Crippen LogP contribution in [0.1, 0.15) is 47.5 Å². The lowest BCUT2D eigenvalue weighted by Gasteiger charge is -2.40. The second kappa shape index (κ2) is 40.4. The summed E-state index contributed by atoms with van der Waals surface area (Å²) < 4.78 is 56.1. The van der Waals surface area contributed by atoms with Crippen LogP contribution in [0.15, 0.2) is 33.7 Å². The standard InChI is InChI=1S/C50H87N11O23/c1-6-14-75-20-22-79-24-25-80-23-21-76-15-9-38(68)61(12-18-77-16-10-59(7-2)49(73)83-41(34(66)28-62)43-39(55-30(4)64)32(57-47(51)52)26-36(81-43)45(69)70)13-19-78-17-11-60(8-3)50(74)84-42(35(67)29-63)44-40(56-31(5)65)33(58-48(53)54)27-37(82-44)46(71)72/h26-27,32-35,39-44,62-63,66-67H,6-25,28-29H2,1-5H3,(H,55,64)(H,56,65)(H,69,70)(H,71,72)(H4,51,52,57)(H4,53,54,58)/t32-,33-,34+,35+,39+,40+,41+,42+,43+,44+/m0/s1. The molecule has 0 aromatic heterocycles. The summed E-state index contributed by atoms with van der Waals surface area (Å²) >= 11 is 0. The van der Waals surface area contributed by atoms with Crippen LogP contribution in [0.3, 0.4) is 0 Å². The molecule has 0 fully saturated rings. The van der Waals surface area contributed by atoms with Gasteiger partial charge in [0, 0.05) is 59.7 Å². The molecule has 16 N–H and O–H groups in total. The maximum Gasteiger partial charge on any atom is 0.410 e. The molecule has 0 aromatic carbocycles. The van der Waals surface area contributed by atoms with Crippen LogP contribution in [0.5, 0.6) is 0 Å². The van der Waals surface area contributed by atoms with Gasteiger partial charge in [-0.2, -0.15) is 0 Å². The third kappa shape index (κ3) is 26.8. The van der Waals surface area contributed by atoms with Crippen molar-refractivity contribution < 1.29 is 112 Å². The van der Waals surface area contributed by atoms with Crippen LogP contribution in [0.2, 0.25) is 0 Å². The van der Waals surface area contributed by atoms with Crippen molar-refractivity contribution in [3.63, 3.8) is 0 Å². The summed E-state index contributed by atoms with van der Waals surface area (Å²) in [5, 5.41) is 66.3. The van der Waals surface area contributed by atoms with E-state index >= 15 is 0 Å². The number of hydrogen-bond donors (Lipinski definition) is 12. The van der Waals surface area contributed by atoms with E-state index in [-0.39, 0.29) is 97.8 Å². The first kappa shape index (κ1) is 73.2. The van der Waals surface area contributed by atoms with Crippen LogP contribution < -0.4 is 33.6 Å². The summed E-state index contributed by atoms with van der Waals surface area (Å²) in [6.07, 6.45) is -9.80. The fourth-order valence-electron chi connectivity index (χ4n) is 8.16. The molecule has 0 radical (unpaired) electrons. The van der Waals surface area contributed by atoms with Crippen molar-refractivity contribution in [2.75, 3.05) is 132 Å². The highest BCUT2D eigenvalue weighted by atomic mass is 16.6. The first-order valence-corrected chi connectivity index (χ1v) is 27.2. The Hall–Kier alpha value is -6.89. The minimum Gasteiger partial charge on any atom is -0.477 e. The molecule has 480 valence electrons. The summed E-state index contributed by atoms with van der Waals surface area (Å²) in [5.41, 5.74) is 22.3. The van der Waals surface area contributed by atoms with E-state index < -0.39 is 133 Å². The van der Waals surface area contributed by atoms with Gasteiger partial charge in [-0.3, -0.25) is 14.4 Å². The average molecular weight is 1210 g/mol. The molecule has 34 heteroatoms. The third-order valence-corrected chi connectivity index (χ3v) is 12.2. The number of nitrogens with two attached hydrogens (primary N) is 4. The average Bonchev–Trinajstić information content (AvgIpc) is 2.23. The van der Waals surface area contributed by atoms with Gasteiger partial charge < -0.3 is 126 Å². The first-order valence-electron chi connectivity index (χ1n) is 27.2. The number of carbonyl (C=O) groups excluding carboxylic acids is 5. The molecule has 2 heterocycles. The van der Waals surface area contributed by atoms with Crippen molar-refractivity contribution in [3.05, 3.63) is 23.7 Å². The van der Waals surface area contributed by atoms with Gasteiger partial charge >= 0.3 is 24.1 Å². The Balaban J connectivity index is 2.16. The zero-order valence-electron chi connectivity index (χ0n) is 48.2. The molecular formula is C50H87N11O23. The second-order valence-corrected chi connectivity index (χ2v) is 18.5. The summed E-state index contributed by atoms with van der Waals surface area (Å²) in [4.78, 5) is 101. The van der Waals surface area contributed by atoms with Crippen molar-refractivity contribution in [2.24, 2.45) is 32.9 Å². The predicted molar refractivity (Wildman–Crippen MR) is 293 cm³/mol. The fraction of sp³-hybridized carbons (Fsp3) is 0.740. The third-order valence-electron chi connectivity index (χ3n) is 12.2. The molecule has 0 unspecified atom stereocenters. The predicted octanol–water partition coefficient (Wildman–Crippen LogP) is -4.90. The maximum absolute atomic E-state index is 13.6. The number of aliphatic hydroxyl groups excluding tert-OH is 4. The van der Waals surface area contributed by atoms with E-state index in [1.54, 1.807) is 13.8 Å². The van der Waals surface area contributed by atoms with Gasteiger partial charge in [0.25, 0.3) is 0 Å². The number of guanidine groups is 2. The number of aliphatic imine (C=N–C) groups is 2. The smallest absolute Gasteiger partial charge is 0.410 e. The Morgan fingerprint density at radius 2 is 0.881 bits per heavy atom. The lowest BCUT2D eigenvalue weighted by atomic mass is 9.92. The number of likely N-dealkylation sites (N-methyl/N-ethyl adjacent to an activating group) is 2. The molecule has 0 aliphatic carbocycles. The Kier molecular flexibility index (Phi) is 35.2. The Morgan fingerprint density at radius 1 is 0.548 bits per heavy atom. The first-order chi connectivity index (χ1) is 40.0.